The summed E-state index contributed by atoms with van der Waals surface area (Å²) in [5, 5.41) is 7.95. The molecule has 0 bridgehead atoms. The first-order chi connectivity index (χ1) is 10.6. The summed E-state index contributed by atoms with van der Waals surface area (Å²) in [6, 6.07) is 7.38. The average molecular weight is 380 g/mol. The van der Waals surface area contributed by atoms with Crippen LogP contribution in [0.3, 0.4) is 0 Å². The Balaban J connectivity index is 1.53. The highest BCUT2D eigenvalue weighted by Gasteiger charge is 2.30. The van der Waals surface area contributed by atoms with Crippen molar-refractivity contribution in [3.63, 3.8) is 0 Å². The zero-order valence-corrected chi connectivity index (χ0v) is 14.0. The molecule has 3 rings (SSSR count). The number of hydrogen-bond acceptors (Lipinski definition) is 4. The van der Waals surface area contributed by atoms with Gasteiger partial charge in [-0.05, 0) is 37.1 Å². The summed E-state index contributed by atoms with van der Waals surface area (Å²) in [7, 11) is 0. The number of carbonyl (C=O) groups is 2. The van der Waals surface area contributed by atoms with Gasteiger partial charge in [-0.2, -0.15) is 0 Å². The summed E-state index contributed by atoms with van der Waals surface area (Å²) in [5.41, 5.74) is 1.40. The van der Waals surface area contributed by atoms with Crippen LogP contribution in [0.15, 0.2) is 34.1 Å². The van der Waals surface area contributed by atoms with Gasteiger partial charge in [-0.25, -0.2) is 4.98 Å². The minimum atomic E-state index is -0.132. The zero-order valence-electron chi connectivity index (χ0n) is 11.6. The van der Waals surface area contributed by atoms with Crippen LogP contribution in [-0.2, 0) is 16.0 Å². The van der Waals surface area contributed by atoms with Gasteiger partial charge in [0.15, 0.2) is 5.13 Å². The van der Waals surface area contributed by atoms with Crippen LogP contribution in [0, 0.1) is 5.92 Å². The molecule has 5 nitrogen and oxygen atoms in total. The van der Waals surface area contributed by atoms with Crippen molar-refractivity contribution in [1.29, 1.82) is 0 Å². The van der Waals surface area contributed by atoms with Crippen molar-refractivity contribution in [2.24, 2.45) is 5.92 Å². The van der Waals surface area contributed by atoms with Crippen molar-refractivity contribution >= 4 is 49.9 Å². The molecule has 1 aliphatic rings. The third kappa shape index (κ3) is 4.14. The van der Waals surface area contributed by atoms with Crippen molar-refractivity contribution < 1.29 is 9.59 Å². The Morgan fingerprint density at radius 3 is 2.64 bits per heavy atom. The number of nitrogens with one attached hydrogen (secondary N) is 2. The van der Waals surface area contributed by atoms with Crippen molar-refractivity contribution in [3.8, 4) is 0 Å². The molecule has 0 spiro atoms. The molecule has 2 aromatic rings. The molecule has 2 N–H and O–H groups in total. The van der Waals surface area contributed by atoms with E-state index in [1.165, 1.54) is 11.3 Å². The lowest BCUT2D eigenvalue weighted by atomic mass is 10.3. The smallest absolute Gasteiger partial charge is 0.230 e. The minimum absolute atomic E-state index is 0.0280. The maximum absolute atomic E-state index is 12.0. The summed E-state index contributed by atoms with van der Waals surface area (Å²) >= 11 is 4.69. The van der Waals surface area contributed by atoms with E-state index in [1.54, 1.807) is 5.38 Å². The fraction of sp³-hybridized carbons (Fsp3) is 0.267. The SMILES string of the molecule is O=C(Cc1csc(NC(=O)C2CC2)n1)Nc1ccc(Br)cc1. The second kappa shape index (κ2) is 6.58. The highest BCUT2D eigenvalue weighted by Crippen LogP contribution is 2.30. The third-order valence-electron chi connectivity index (χ3n) is 3.20. The summed E-state index contributed by atoms with van der Waals surface area (Å²) in [6.07, 6.45) is 2.10. The molecule has 1 saturated carbocycles. The highest BCUT2D eigenvalue weighted by molar-refractivity contribution is 9.10. The van der Waals surface area contributed by atoms with Crippen molar-refractivity contribution in [2.75, 3.05) is 10.6 Å². The number of anilines is 2. The van der Waals surface area contributed by atoms with Crippen LogP contribution in [0.5, 0.6) is 0 Å². The van der Waals surface area contributed by atoms with Crippen molar-refractivity contribution in [2.45, 2.75) is 19.3 Å². The van der Waals surface area contributed by atoms with E-state index >= 15 is 0 Å². The van der Waals surface area contributed by atoms with E-state index in [0.717, 1.165) is 23.0 Å². The van der Waals surface area contributed by atoms with E-state index in [-0.39, 0.29) is 24.2 Å². The first kappa shape index (κ1) is 15.2. The number of amides is 2. The van der Waals surface area contributed by atoms with E-state index in [4.69, 9.17) is 0 Å². The van der Waals surface area contributed by atoms with Crippen LogP contribution in [0.4, 0.5) is 10.8 Å². The van der Waals surface area contributed by atoms with Gasteiger partial charge < -0.3 is 10.6 Å². The molecule has 1 fully saturated rings. The number of aromatic nitrogens is 1. The fourth-order valence-electron chi connectivity index (χ4n) is 1.90. The number of rotatable bonds is 5. The van der Waals surface area contributed by atoms with Gasteiger partial charge in [-0.1, -0.05) is 15.9 Å². The third-order valence-corrected chi connectivity index (χ3v) is 4.53. The van der Waals surface area contributed by atoms with Crippen LogP contribution in [0.25, 0.3) is 0 Å². The molecule has 114 valence electrons. The first-order valence-electron chi connectivity index (χ1n) is 6.91. The van der Waals surface area contributed by atoms with Crippen LogP contribution < -0.4 is 10.6 Å². The molecule has 1 heterocycles. The van der Waals surface area contributed by atoms with E-state index in [1.807, 2.05) is 24.3 Å². The monoisotopic (exact) mass is 379 g/mol. The topological polar surface area (TPSA) is 71.1 Å². The average Bonchev–Trinajstić information content (AvgIpc) is 3.25. The number of halogens is 1. The molecule has 0 atom stereocenters. The molecule has 0 saturated heterocycles. The van der Waals surface area contributed by atoms with Crippen LogP contribution in [0.2, 0.25) is 0 Å². The molecule has 2 amide bonds. The summed E-state index contributed by atoms with van der Waals surface area (Å²) in [5.74, 6) is 0.0426. The predicted molar refractivity (Wildman–Crippen MR) is 89.9 cm³/mol. The van der Waals surface area contributed by atoms with E-state index in [0.29, 0.717) is 10.8 Å². The second-order valence-corrected chi connectivity index (χ2v) is 6.91. The summed E-state index contributed by atoms with van der Waals surface area (Å²) < 4.78 is 0.959. The molecule has 7 heteroatoms. The molecule has 22 heavy (non-hydrogen) atoms. The van der Waals surface area contributed by atoms with Crippen molar-refractivity contribution in [3.05, 3.63) is 39.8 Å². The quantitative estimate of drug-likeness (QED) is 0.835. The Morgan fingerprint density at radius 2 is 1.95 bits per heavy atom. The number of hydrogen-bond donors (Lipinski definition) is 2. The molecule has 0 unspecified atom stereocenters. The number of nitrogens with zero attached hydrogens (tertiary/aromatic N) is 1. The molecule has 0 aliphatic heterocycles. The fourth-order valence-corrected chi connectivity index (χ4v) is 2.88. The summed E-state index contributed by atoms with van der Waals surface area (Å²) in [6.45, 7) is 0. The molecule has 1 aliphatic carbocycles. The molecular weight excluding hydrogens is 366 g/mol. The van der Waals surface area contributed by atoms with Gasteiger partial charge >= 0.3 is 0 Å². The van der Waals surface area contributed by atoms with Crippen molar-refractivity contribution in [1.82, 2.24) is 4.98 Å². The maximum Gasteiger partial charge on any atom is 0.230 e. The van der Waals surface area contributed by atoms with Crippen LogP contribution in [0.1, 0.15) is 18.5 Å². The summed E-state index contributed by atoms with van der Waals surface area (Å²) in [4.78, 5) is 27.9. The highest BCUT2D eigenvalue weighted by atomic mass is 79.9. The number of carbonyl (C=O) groups excluding carboxylic acids is 2. The molecule has 1 aromatic heterocycles. The van der Waals surface area contributed by atoms with Crippen LogP contribution >= 0.6 is 27.3 Å². The Bertz CT molecular complexity index is 695. The maximum atomic E-state index is 12.0. The van der Waals surface area contributed by atoms with E-state index in [2.05, 4.69) is 31.5 Å². The van der Waals surface area contributed by atoms with Gasteiger partial charge in [0, 0.05) is 21.5 Å². The first-order valence-corrected chi connectivity index (χ1v) is 8.58. The standard InChI is InChI=1S/C15H14BrN3O2S/c16-10-3-5-11(6-4-10)17-13(20)7-12-8-22-15(18-12)19-14(21)9-1-2-9/h3-6,8-9H,1-2,7H2,(H,17,20)(H,18,19,21). The Kier molecular flexibility index (Phi) is 4.54. The molecule has 0 radical (unpaired) electrons. The van der Waals surface area contributed by atoms with Gasteiger partial charge in [0.05, 0.1) is 12.1 Å². The zero-order chi connectivity index (χ0) is 15.5. The Hall–Kier alpha value is -1.73. The second-order valence-electron chi connectivity index (χ2n) is 5.14. The number of benzene rings is 1. The predicted octanol–water partition coefficient (Wildman–Crippen LogP) is 3.44. The number of thiazole rings is 1. The van der Waals surface area contributed by atoms with Crippen LogP contribution in [-0.4, -0.2) is 16.8 Å². The van der Waals surface area contributed by atoms with E-state index < -0.39 is 0 Å². The Morgan fingerprint density at radius 1 is 1.23 bits per heavy atom. The van der Waals surface area contributed by atoms with Gasteiger partial charge in [0.25, 0.3) is 0 Å². The Labute approximate surface area is 140 Å². The molecular formula is C15H14BrN3O2S. The normalized spacial score (nSPS) is 13.7. The van der Waals surface area contributed by atoms with Gasteiger partial charge in [-0.15, -0.1) is 11.3 Å². The lowest BCUT2D eigenvalue weighted by Crippen LogP contribution is -2.15. The van der Waals surface area contributed by atoms with E-state index in [9.17, 15) is 9.59 Å². The largest absolute Gasteiger partial charge is 0.326 e. The lowest BCUT2D eigenvalue weighted by molar-refractivity contribution is -0.117. The molecule has 1 aromatic carbocycles. The lowest BCUT2D eigenvalue weighted by Gasteiger charge is -2.03. The van der Waals surface area contributed by atoms with Gasteiger partial charge in [0.1, 0.15) is 0 Å². The van der Waals surface area contributed by atoms with Gasteiger partial charge in [0.2, 0.25) is 11.8 Å². The minimum Gasteiger partial charge on any atom is -0.326 e. The van der Waals surface area contributed by atoms with Gasteiger partial charge in [-0.3, -0.25) is 9.59 Å².